The summed E-state index contributed by atoms with van der Waals surface area (Å²) in [7, 11) is 0. The predicted molar refractivity (Wildman–Crippen MR) is 71.7 cm³/mol. The molecule has 0 saturated heterocycles. The summed E-state index contributed by atoms with van der Waals surface area (Å²) >= 11 is 9.94. The summed E-state index contributed by atoms with van der Waals surface area (Å²) in [5, 5.41) is 0.164. The second-order valence-corrected chi connectivity index (χ2v) is 5.45. The minimum absolute atomic E-state index is 0.164. The molecule has 0 radical (unpaired) electrons. The molecule has 0 amide bonds. The van der Waals surface area contributed by atoms with Gasteiger partial charge in [0.1, 0.15) is 0 Å². The molecule has 0 fully saturated rings. The highest BCUT2D eigenvalue weighted by atomic mass is 79.9. The lowest BCUT2D eigenvalue weighted by Crippen LogP contribution is -1.96. The average Bonchev–Trinajstić information content (AvgIpc) is 2.20. The van der Waals surface area contributed by atoms with Crippen molar-refractivity contribution >= 4 is 27.5 Å². The Labute approximate surface area is 106 Å². The van der Waals surface area contributed by atoms with E-state index in [1.54, 1.807) is 0 Å². The molecule has 1 aromatic carbocycles. The summed E-state index contributed by atoms with van der Waals surface area (Å²) < 4.78 is 1.17. The molecule has 0 nitrogen and oxygen atoms in total. The molecule has 1 rings (SSSR count). The van der Waals surface area contributed by atoms with Crippen LogP contribution in [0.1, 0.15) is 48.3 Å². The van der Waals surface area contributed by atoms with Crippen molar-refractivity contribution in [2.45, 2.75) is 45.4 Å². The maximum Gasteiger partial charge on any atom is 0.0587 e. The van der Waals surface area contributed by atoms with Gasteiger partial charge in [0.25, 0.3) is 0 Å². The zero-order chi connectivity index (χ0) is 11.4. The van der Waals surface area contributed by atoms with Gasteiger partial charge in [-0.3, -0.25) is 0 Å². The number of alkyl halides is 1. The fourth-order valence-electron chi connectivity index (χ4n) is 1.68. The van der Waals surface area contributed by atoms with Gasteiger partial charge in [0.15, 0.2) is 0 Å². The molecule has 1 aromatic rings. The van der Waals surface area contributed by atoms with Gasteiger partial charge in [0, 0.05) is 4.47 Å². The summed E-state index contributed by atoms with van der Waals surface area (Å²) in [5.74, 6) is 0. The van der Waals surface area contributed by atoms with Crippen molar-refractivity contribution in [3.8, 4) is 0 Å². The van der Waals surface area contributed by atoms with E-state index >= 15 is 0 Å². The highest BCUT2D eigenvalue weighted by Gasteiger charge is 2.11. The first-order valence-electron chi connectivity index (χ1n) is 5.47. The molecule has 2 heteroatoms. The van der Waals surface area contributed by atoms with Gasteiger partial charge in [-0.2, -0.15) is 0 Å². The smallest absolute Gasteiger partial charge is 0.0587 e. The summed E-state index contributed by atoms with van der Waals surface area (Å²) in [4.78, 5) is 0. The molecular formula is C13H18BrCl. The summed E-state index contributed by atoms with van der Waals surface area (Å²) in [6.45, 7) is 6.43. The Morgan fingerprint density at radius 1 is 1.27 bits per heavy atom. The molecule has 0 N–H and O–H groups in total. The summed E-state index contributed by atoms with van der Waals surface area (Å²) in [6, 6.07) is 4.36. The molecule has 1 atom stereocenters. The van der Waals surface area contributed by atoms with E-state index in [0.29, 0.717) is 0 Å². The van der Waals surface area contributed by atoms with Crippen LogP contribution in [0.3, 0.4) is 0 Å². The van der Waals surface area contributed by atoms with E-state index in [2.05, 4.69) is 48.8 Å². The first-order chi connectivity index (χ1) is 7.06. The average molecular weight is 290 g/mol. The van der Waals surface area contributed by atoms with Crippen molar-refractivity contribution in [1.82, 2.24) is 0 Å². The lowest BCUT2D eigenvalue weighted by Gasteiger charge is -2.14. The van der Waals surface area contributed by atoms with E-state index in [4.69, 9.17) is 11.6 Å². The number of halogens is 2. The third-order valence-corrected chi connectivity index (χ3v) is 4.00. The highest BCUT2D eigenvalue weighted by molar-refractivity contribution is 9.10. The molecule has 15 heavy (non-hydrogen) atoms. The van der Waals surface area contributed by atoms with Crippen LogP contribution in [0.15, 0.2) is 16.6 Å². The van der Waals surface area contributed by atoms with Crippen molar-refractivity contribution in [3.05, 3.63) is 33.3 Å². The first kappa shape index (κ1) is 13.1. The van der Waals surface area contributed by atoms with E-state index in [1.165, 1.54) is 34.0 Å². The van der Waals surface area contributed by atoms with Crippen LogP contribution < -0.4 is 0 Å². The largest absolute Gasteiger partial charge is 0.118 e. The van der Waals surface area contributed by atoms with Gasteiger partial charge < -0.3 is 0 Å². The van der Waals surface area contributed by atoms with Gasteiger partial charge in [0.05, 0.1) is 5.38 Å². The van der Waals surface area contributed by atoms with E-state index in [-0.39, 0.29) is 5.38 Å². The third kappa shape index (κ3) is 3.49. The second-order valence-electron chi connectivity index (χ2n) is 4.07. The zero-order valence-electron chi connectivity index (χ0n) is 9.61. The lowest BCUT2D eigenvalue weighted by atomic mass is 9.99. The number of unbranched alkanes of at least 4 members (excludes halogenated alkanes) is 1. The monoisotopic (exact) mass is 288 g/mol. The number of hydrogen-bond donors (Lipinski definition) is 0. The van der Waals surface area contributed by atoms with E-state index in [0.717, 1.165) is 6.42 Å². The molecule has 0 bridgehead atoms. The van der Waals surface area contributed by atoms with Gasteiger partial charge in [-0.1, -0.05) is 41.8 Å². The van der Waals surface area contributed by atoms with E-state index in [1.807, 2.05) is 0 Å². The van der Waals surface area contributed by atoms with Crippen LogP contribution in [-0.4, -0.2) is 0 Å². The Balaban J connectivity index is 2.88. The molecule has 0 aromatic heterocycles. The van der Waals surface area contributed by atoms with Gasteiger partial charge in [-0.25, -0.2) is 0 Å². The molecule has 0 aliphatic carbocycles. The van der Waals surface area contributed by atoms with Crippen LogP contribution in [0.2, 0.25) is 0 Å². The Bertz CT molecular complexity index is 334. The number of hydrogen-bond acceptors (Lipinski definition) is 0. The number of aryl methyl sites for hydroxylation is 2. The van der Waals surface area contributed by atoms with Crippen molar-refractivity contribution < 1.29 is 0 Å². The Kier molecular flexibility index (Phi) is 5.14. The molecule has 84 valence electrons. The molecule has 0 aliphatic rings. The second kappa shape index (κ2) is 5.91. The van der Waals surface area contributed by atoms with Crippen molar-refractivity contribution in [2.24, 2.45) is 0 Å². The molecule has 0 aliphatic heterocycles. The van der Waals surface area contributed by atoms with Crippen LogP contribution in [0, 0.1) is 13.8 Å². The fourth-order valence-corrected chi connectivity index (χ4v) is 2.53. The van der Waals surface area contributed by atoms with E-state index in [9.17, 15) is 0 Å². The standard InChI is InChI=1S/C13H18BrCl/c1-4-5-6-13(15)11-7-10(3)12(14)8-9(11)2/h7-8,13H,4-6H2,1-3H3. The Morgan fingerprint density at radius 3 is 2.53 bits per heavy atom. The zero-order valence-corrected chi connectivity index (χ0v) is 12.0. The topological polar surface area (TPSA) is 0 Å². The number of rotatable bonds is 4. The Hall–Kier alpha value is -0.0100. The Morgan fingerprint density at radius 2 is 1.93 bits per heavy atom. The summed E-state index contributed by atoms with van der Waals surface area (Å²) in [6.07, 6.45) is 3.47. The third-order valence-electron chi connectivity index (χ3n) is 2.70. The van der Waals surface area contributed by atoms with Crippen molar-refractivity contribution in [3.63, 3.8) is 0 Å². The van der Waals surface area contributed by atoms with Gasteiger partial charge >= 0.3 is 0 Å². The van der Waals surface area contributed by atoms with Gasteiger partial charge in [-0.15, -0.1) is 11.6 Å². The predicted octanol–water partition coefficient (Wildman–Crippen LogP) is 5.54. The van der Waals surface area contributed by atoms with Crippen LogP contribution in [0.4, 0.5) is 0 Å². The molecular weight excluding hydrogens is 272 g/mol. The van der Waals surface area contributed by atoms with Gasteiger partial charge in [-0.05, 0) is 43.0 Å². The van der Waals surface area contributed by atoms with Crippen molar-refractivity contribution in [2.75, 3.05) is 0 Å². The quantitative estimate of drug-likeness (QED) is 0.639. The van der Waals surface area contributed by atoms with Crippen LogP contribution in [0.5, 0.6) is 0 Å². The SMILES string of the molecule is CCCCC(Cl)c1cc(C)c(Br)cc1C. The molecule has 0 heterocycles. The highest BCUT2D eigenvalue weighted by Crippen LogP contribution is 2.32. The molecule has 0 spiro atoms. The first-order valence-corrected chi connectivity index (χ1v) is 6.70. The maximum atomic E-state index is 6.40. The van der Waals surface area contributed by atoms with Gasteiger partial charge in [0.2, 0.25) is 0 Å². The number of benzene rings is 1. The minimum Gasteiger partial charge on any atom is -0.118 e. The van der Waals surface area contributed by atoms with Crippen molar-refractivity contribution in [1.29, 1.82) is 0 Å². The molecule has 1 unspecified atom stereocenters. The normalized spacial score (nSPS) is 12.9. The van der Waals surface area contributed by atoms with Crippen LogP contribution >= 0.6 is 27.5 Å². The lowest BCUT2D eigenvalue weighted by molar-refractivity contribution is 0.698. The van der Waals surface area contributed by atoms with Crippen LogP contribution in [0.25, 0.3) is 0 Å². The minimum atomic E-state index is 0.164. The summed E-state index contributed by atoms with van der Waals surface area (Å²) in [5.41, 5.74) is 3.83. The maximum absolute atomic E-state index is 6.40. The fraction of sp³-hybridized carbons (Fsp3) is 0.538. The van der Waals surface area contributed by atoms with Crippen LogP contribution in [-0.2, 0) is 0 Å². The molecule has 0 saturated carbocycles. The van der Waals surface area contributed by atoms with E-state index < -0.39 is 0 Å².